The zero-order valence-electron chi connectivity index (χ0n) is 67.1. The maximum Gasteiger partial charge on any atom is 0.248 e. The highest BCUT2D eigenvalue weighted by molar-refractivity contribution is 6.00. The smallest absolute Gasteiger partial charge is 0.248 e. The van der Waals surface area contributed by atoms with E-state index in [0.29, 0.717) is 42.9 Å². The number of anilines is 1. The number of aliphatic hydroxyl groups is 1. The van der Waals surface area contributed by atoms with Crippen LogP contribution < -0.4 is 26.2 Å². The van der Waals surface area contributed by atoms with Crippen molar-refractivity contribution < 1.29 is 62.6 Å². The van der Waals surface area contributed by atoms with Gasteiger partial charge < -0.3 is 70.5 Å². The number of benzene rings is 1. The fraction of sp³-hybridized carbons (Fsp3) is 0.705. The number of likely N-dealkylation sites (tertiary alicyclic amines) is 1. The quantitative estimate of drug-likeness (QED) is 0.127. The molecule has 1 aromatic carbocycles. The first-order chi connectivity index (χ1) is 49.1. The standard InChI is InChI=1S/C78H128N14O13/c1-47(2)37-56-73(100)90(21)63(41-51(9)10)76(103)89(20)62(44-54-29-25-23-26-30-54)71(98)81-57(43-55-31-32-65(79-46-55)84(14)15)74(101)87(18)61(40-50(7)8)72(99)83-68(53(13)93)78(105)91(22)64(42-52(11)12)77(104)88(19)60(39-49(5)6)70(97)82-58(75(102)92-34-27-24-28-35-92)45-67(95)85(16)36-33-66(94)86(17)59(38-48(3)4)69(96)80-56/h23,25-26,29-32,46-53,56-64,68,93H,24,27-28,33-45H2,1-22H3,(H,80,96)(H,81,98)(H,82,97)(H,83,99)/t53-,56+,57+,58+,59+,60+,61+,62+,63+,64+,68+/m1/s1. The topological polar surface area (TPSA) is 315 Å². The number of amides is 12. The molecule has 0 bridgehead atoms. The lowest BCUT2D eigenvalue weighted by atomic mass is 9.96. The SMILES string of the molecule is CC(C)C[C@@H]1NC(=O)[C@H](CC(C)C)N(C)C(=O)CCN(C)C(=O)C[C@@H](C(=O)N2CCCCC2)NC(=O)[C@H](CC(C)C)N(C)C(=O)[C@H](CC(C)C)N(C)C(=O)[C@H]([C@@H](C)O)NC(=O)[C@H](CC(C)C)N(C)C(=O)[C@H](Cc2ccc(N(C)C)nc2)NC(=O)[C@H](Cc2ccccc2)N(C)C(=O)[C@H](CC(C)C)N(C)C1=O. The lowest BCUT2D eigenvalue weighted by Gasteiger charge is -2.38. The monoisotopic (exact) mass is 1470 g/mol. The summed E-state index contributed by atoms with van der Waals surface area (Å²) in [6.07, 6.45) is 1.85. The molecule has 105 heavy (non-hydrogen) atoms. The fourth-order valence-corrected chi connectivity index (χ4v) is 13.6. The Hall–Kier alpha value is -8.23. The number of likely N-dealkylation sites (N-methyl/N-ethyl adjacent to an activating group) is 6. The molecule has 588 valence electrons. The molecule has 5 N–H and O–H groups in total. The van der Waals surface area contributed by atoms with Crippen LogP contribution in [0.3, 0.4) is 0 Å². The molecule has 12 amide bonds. The fourth-order valence-electron chi connectivity index (χ4n) is 13.6. The summed E-state index contributed by atoms with van der Waals surface area (Å²) < 4.78 is 0. The second kappa shape index (κ2) is 41.6. The van der Waals surface area contributed by atoms with Gasteiger partial charge in [-0.3, -0.25) is 57.5 Å². The molecule has 0 saturated carbocycles. The minimum atomic E-state index is -1.70. The molecule has 27 heteroatoms. The molecule has 2 saturated heterocycles. The molecule has 1 aromatic heterocycles. The van der Waals surface area contributed by atoms with Gasteiger partial charge in [0.15, 0.2) is 0 Å². The summed E-state index contributed by atoms with van der Waals surface area (Å²) in [6, 6.07) is -0.837. The Morgan fingerprint density at radius 2 is 0.867 bits per heavy atom. The zero-order chi connectivity index (χ0) is 79.2. The number of nitrogens with one attached hydrogen (secondary N) is 4. The molecule has 2 aliphatic rings. The minimum Gasteiger partial charge on any atom is -0.391 e. The summed E-state index contributed by atoms with van der Waals surface area (Å²) in [6.45, 7) is 24.3. The van der Waals surface area contributed by atoms with E-state index in [0.717, 1.165) is 11.3 Å². The maximum atomic E-state index is 15.6. The van der Waals surface area contributed by atoms with Crippen LogP contribution >= 0.6 is 0 Å². The highest BCUT2D eigenvalue weighted by Gasteiger charge is 2.45. The largest absolute Gasteiger partial charge is 0.391 e. The number of aromatic nitrogens is 1. The Morgan fingerprint density at radius 1 is 0.448 bits per heavy atom. The molecule has 27 nitrogen and oxygen atoms in total. The van der Waals surface area contributed by atoms with Crippen molar-refractivity contribution in [2.24, 2.45) is 35.5 Å². The summed E-state index contributed by atoms with van der Waals surface area (Å²) >= 11 is 0. The van der Waals surface area contributed by atoms with Crippen LogP contribution in [0.5, 0.6) is 0 Å². The van der Waals surface area contributed by atoms with Crippen LogP contribution in [0.1, 0.15) is 172 Å². The molecule has 2 aliphatic heterocycles. The number of piperidine rings is 1. The predicted octanol–water partition coefficient (Wildman–Crippen LogP) is 4.76. The van der Waals surface area contributed by atoms with Gasteiger partial charge in [0.25, 0.3) is 0 Å². The van der Waals surface area contributed by atoms with E-state index in [4.69, 9.17) is 0 Å². The zero-order valence-corrected chi connectivity index (χ0v) is 67.1. The summed E-state index contributed by atoms with van der Waals surface area (Å²) in [7, 11) is 13.7. The van der Waals surface area contributed by atoms with Gasteiger partial charge in [0, 0.05) is 109 Å². The molecule has 0 spiro atoms. The lowest BCUT2D eigenvalue weighted by Crippen LogP contribution is -2.63. The van der Waals surface area contributed by atoms with Crippen LogP contribution in [0.4, 0.5) is 5.82 Å². The van der Waals surface area contributed by atoms with E-state index < -0.39 is 144 Å². The maximum absolute atomic E-state index is 15.6. The second-order valence-electron chi connectivity index (χ2n) is 32.0. The van der Waals surface area contributed by atoms with E-state index >= 15 is 38.4 Å². The Kier molecular flexibility index (Phi) is 35.3. The van der Waals surface area contributed by atoms with E-state index in [1.54, 1.807) is 58.5 Å². The number of hydrogen-bond acceptors (Lipinski definition) is 15. The van der Waals surface area contributed by atoms with Gasteiger partial charge in [0.2, 0.25) is 70.9 Å². The van der Waals surface area contributed by atoms with Gasteiger partial charge in [-0.1, -0.05) is 119 Å². The molecule has 2 fully saturated rings. The number of carbonyl (C=O) groups is 12. The number of aliphatic hydroxyl groups excluding tert-OH is 1. The van der Waals surface area contributed by atoms with Gasteiger partial charge in [-0.05, 0) is 117 Å². The average Bonchev–Trinajstić information content (AvgIpc) is 0.806. The molecular formula is C78H128N14O13. The first-order valence-electron chi connectivity index (χ1n) is 37.8. The van der Waals surface area contributed by atoms with E-state index in [9.17, 15) is 24.3 Å². The van der Waals surface area contributed by atoms with E-state index in [-0.39, 0.29) is 99.8 Å². The first kappa shape index (κ1) is 89.2. The van der Waals surface area contributed by atoms with E-state index in [2.05, 4.69) is 26.3 Å². The number of carbonyl (C=O) groups excluding carboxylic acids is 12. The molecule has 2 aromatic rings. The highest BCUT2D eigenvalue weighted by Crippen LogP contribution is 2.25. The van der Waals surface area contributed by atoms with Gasteiger partial charge in [-0.15, -0.1) is 0 Å². The summed E-state index contributed by atoms with van der Waals surface area (Å²) in [5.41, 5.74) is 1.17. The molecule has 4 rings (SSSR count). The van der Waals surface area contributed by atoms with Crippen molar-refractivity contribution in [2.75, 3.05) is 88.0 Å². The van der Waals surface area contributed by atoms with Crippen molar-refractivity contribution in [2.45, 2.75) is 240 Å². The van der Waals surface area contributed by atoms with Crippen molar-refractivity contribution in [3.05, 3.63) is 59.8 Å². The molecule has 0 radical (unpaired) electrons. The second-order valence-corrected chi connectivity index (χ2v) is 32.0. The number of pyridine rings is 1. The van der Waals surface area contributed by atoms with E-state index in [1.807, 2.05) is 97.2 Å². The lowest BCUT2D eigenvalue weighted by molar-refractivity contribution is -0.152. The first-order valence-corrected chi connectivity index (χ1v) is 37.8. The summed E-state index contributed by atoms with van der Waals surface area (Å²) in [4.78, 5) is 198. The third-order valence-electron chi connectivity index (χ3n) is 19.9. The van der Waals surface area contributed by atoms with Gasteiger partial charge >= 0.3 is 0 Å². The molecule has 0 unspecified atom stereocenters. The van der Waals surface area contributed by atoms with Gasteiger partial charge in [-0.2, -0.15) is 0 Å². The third-order valence-corrected chi connectivity index (χ3v) is 19.9. The molecular weight excluding hydrogens is 1340 g/mol. The van der Waals surface area contributed by atoms with Crippen molar-refractivity contribution in [1.29, 1.82) is 0 Å². The van der Waals surface area contributed by atoms with Crippen molar-refractivity contribution in [3.63, 3.8) is 0 Å². The van der Waals surface area contributed by atoms with E-state index in [1.165, 1.54) is 85.7 Å². The number of nitrogens with zero attached hydrogens (tertiary/aromatic N) is 10. The van der Waals surface area contributed by atoms with Crippen molar-refractivity contribution in [3.8, 4) is 0 Å². The van der Waals surface area contributed by atoms with Crippen molar-refractivity contribution in [1.82, 2.24) is 65.5 Å². The molecule has 0 aliphatic carbocycles. The van der Waals surface area contributed by atoms with Crippen LogP contribution in [0.2, 0.25) is 0 Å². The van der Waals surface area contributed by atoms with Crippen LogP contribution in [0.25, 0.3) is 0 Å². The van der Waals surface area contributed by atoms with Gasteiger partial charge in [0.05, 0.1) is 12.5 Å². The third kappa shape index (κ3) is 26.3. The summed E-state index contributed by atoms with van der Waals surface area (Å²) in [5.74, 6) is -8.66. The molecule has 11 atom stereocenters. The Morgan fingerprint density at radius 3 is 1.34 bits per heavy atom. The molecule has 3 heterocycles. The van der Waals surface area contributed by atoms with Crippen LogP contribution in [0, 0.1) is 35.5 Å². The summed E-state index contributed by atoms with van der Waals surface area (Å²) in [5, 5.41) is 23.1. The van der Waals surface area contributed by atoms with Crippen molar-refractivity contribution >= 4 is 76.7 Å². The Bertz CT molecular complexity index is 3230. The van der Waals surface area contributed by atoms with Gasteiger partial charge in [-0.25, -0.2) is 4.98 Å². The normalized spacial score (nSPS) is 24.6. The predicted molar refractivity (Wildman–Crippen MR) is 405 cm³/mol. The van der Waals surface area contributed by atoms with Gasteiger partial charge in [0.1, 0.15) is 66.2 Å². The number of hydrogen-bond donors (Lipinski definition) is 5. The van der Waals surface area contributed by atoms with Crippen LogP contribution in [-0.4, -0.2) is 270 Å². The Labute approximate surface area is 625 Å². The number of rotatable bonds is 19. The minimum absolute atomic E-state index is 0.0204. The average molecular weight is 1470 g/mol. The Balaban J connectivity index is 2.02. The van der Waals surface area contributed by atoms with Crippen LogP contribution in [-0.2, 0) is 70.4 Å². The van der Waals surface area contributed by atoms with Crippen LogP contribution in [0.15, 0.2) is 48.7 Å². The highest BCUT2D eigenvalue weighted by atomic mass is 16.3.